The number of Topliss-reactive ketones (excluding diaryl/α,β-unsaturated/α-hetero) is 1. The molecule has 0 aliphatic heterocycles. The molecule has 0 unspecified atom stereocenters. The highest BCUT2D eigenvalue weighted by Gasteiger charge is 2.07. The number of ketones is 1. The van der Waals surface area contributed by atoms with Crippen LogP contribution in [0.4, 0.5) is 17.1 Å². The van der Waals surface area contributed by atoms with Gasteiger partial charge in [0.25, 0.3) is 0 Å². The molecule has 0 fully saturated rings. The summed E-state index contributed by atoms with van der Waals surface area (Å²) < 4.78 is 0. The van der Waals surface area contributed by atoms with Crippen LogP contribution in [0, 0.1) is 0 Å². The number of aliphatic hydroxyl groups is 1. The maximum atomic E-state index is 11.7. The minimum absolute atomic E-state index is 0.0840. The lowest BCUT2D eigenvalue weighted by atomic mass is 10.1. The second-order valence-electron chi connectivity index (χ2n) is 5.45. The highest BCUT2D eigenvalue weighted by atomic mass is 16.3. The van der Waals surface area contributed by atoms with E-state index in [0.29, 0.717) is 24.1 Å². The summed E-state index contributed by atoms with van der Waals surface area (Å²) in [5.41, 5.74) is 9.96. The lowest BCUT2D eigenvalue weighted by Crippen LogP contribution is -2.04. The summed E-state index contributed by atoms with van der Waals surface area (Å²) in [6.07, 6.45) is 0.755. The largest absolute Gasteiger partial charge is 0.397 e. The van der Waals surface area contributed by atoms with Crippen molar-refractivity contribution in [2.45, 2.75) is 32.8 Å². The van der Waals surface area contributed by atoms with Crippen molar-refractivity contribution < 1.29 is 9.90 Å². The molecule has 0 saturated carbocycles. The van der Waals surface area contributed by atoms with Crippen LogP contribution in [0.15, 0.2) is 42.5 Å². The van der Waals surface area contributed by atoms with Gasteiger partial charge in [0.1, 0.15) is 0 Å². The lowest BCUT2D eigenvalue weighted by Gasteiger charge is -2.11. The second kappa shape index (κ2) is 7.09. The molecule has 22 heavy (non-hydrogen) atoms. The van der Waals surface area contributed by atoms with Gasteiger partial charge in [-0.15, -0.1) is 0 Å². The molecule has 0 spiro atoms. The Hall–Kier alpha value is -2.33. The average molecular weight is 298 g/mol. The standard InChI is InChI=1S/C18H22N2O2/c1-3-18(22)14-6-9-17(16(19)11-14)20-15-7-4-13(5-8-15)10-12(2)21/h4-9,11-12,20-21H,3,10,19H2,1-2H3/t12-/m0/s1. The third-order valence-corrected chi connectivity index (χ3v) is 3.46. The zero-order chi connectivity index (χ0) is 16.1. The molecule has 4 N–H and O–H groups in total. The van der Waals surface area contributed by atoms with Crippen molar-refractivity contribution in [1.29, 1.82) is 0 Å². The van der Waals surface area contributed by atoms with E-state index in [1.807, 2.05) is 37.3 Å². The number of carbonyl (C=O) groups excluding carboxylic acids is 1. The molecule has 0 bridgehead atoms. The minimum Gasteiger partial charge on any atom is -0.397 e. The fourth-order valence-electron chi connectivity index (χ4n) is 2.27. The molecule has 2 aromatic carbocycles. The predicted molar refractivity (Wildman–Crippen MR) is 90.6 cm³/mol. The Morgan fingerprint density at radius 3 is 2.45 bits per heavy atom. The number of hydrogen-bond donors (Lipinski definition) is 3. The second-order valence-corrected chi connectivity index (χ2v) is 5.45. The summed E-state index contributed by atoms with van der Waals surface area (Å²) >= 11 is 0. The van der Waals surface area contributed by atoms with Gasteiger partial charge in [-0.2, -0.15) is 0 Å². The van der Waals surface area contributed by atoms with Crippen LogP contribution in [-0.4, -0.2) is 17.0 Å². The Kier molecular flexibility index (Phi) is 5.17. The number of nitrogens with two attached hydrogens (primary N) is 1. The number of rotatable bonds is 6. The van der Waals surface area contributed by atoms with E-state index in [0.717, 1.165) is 16.9 Å². The fraction of sp³-hybridized carbons (Fsp3) is 0.278. The number of aliphatic hydroxyl groups excluding tert-OH is 1. The lowest BCUT2D eigenvalue weighted by molar-refractivity contribution is 0.0988. The summed E-state index contributed by atoms with van der Waals surface area (Å²) in [5, 5.41) is 12.6. The number of nitrogens with one attached hydrogen (secondary N) is 1. The molecular weight excluding hydrogens is 276 g/mol. The Balaban J connectivity index is 2.12. The molecule has 116 valence electrons. The van der Waals surface area contributed by atoms with E-state index in [1.54, 1.807) is 19.1 Å². The zero-order valence-corrected chi connectivity index (χ0v) is 13.0. The maximum absolute atomic E-state index is 11.7. The van der Waals surface area contributed by atoms with Gasteiger partial charge in [-0.05, 0) is 49.2 Å². The van der Waals surface area contributed by atoms with Crippen molar-refractivity contribution >= 4 is 22.8 Å². The van der Waals surface area contributed by atoms with Crippen molar-refractivity contribution in [1.82, 2.24) is 0 Å². The van der Waals surface area contributed by atoms with Crippen molar-refractivity contribution in [2.24, 2.45) is 0 Å². The summed E-state index contributed by atoms with van der Waals surface area (Å²) in [6.45, 7) is 3.60. The Morgan fingerprint density at radius 1 is 1.23 bits per heavy atom. The van der Waals surface area contributed by atoms with Gasteiger partial charge in [0.15, 0.2) is 5.78 Å². The number of carbonyl (C=O) groups is 1. The molecule has 4 nitrogen and oxygen atoms in total. The number of hydrogen-bond acceptors (Lipinski definition) is 4. The van der Waals surface area contributed by atoms with Crippen LogP contribution in [-0.2, 0) is 6.42 Å². The summed E-state index contributed by atoms with van der Waals surface area (Å²) in [5.74, 6) is 0.0840. The molecule has 0 heterocycles. The SMILES string of the molecule is CCC(=O)c1ccc(Nc2ccc(C[C@H](C)O)cc2)c(N)c1. The summed E-state index contributed by atoms with van der Waals surface area (Å²) in [6, 6.07) is 13.1. The molecule has 0 aromatic heterocycles. The van der Waals surface area contributed by atoms with E-state index in [9.17, 15) is 9.90 Å². The van der Waals surface area contributed by atoms with Gasteiger partial charge < -0.3 is 16.2 Å². The van der Waals surface area contributed by atoms with Crippen LogP contribution in [0.25, 0.3) is 0 Å². The molecule has 0 saturated heterocycles. The molecule has 2 aromatic rings. The first kappa shape index (κ1) is 16.0. The van der Waals surface area contributed by atoms with E-state index in [-0.39, 0.29) is 11.9 Å². The average Bonchev–Trinajstić information content (AvgIpc) is 2.50. The van der Waals surface area contributed by atoms with Crippen molar-refractivity contribution in [3.05, 3.63) is 53.6 Å². The van der Waals surface area contributed by atoms with Crippen molar-refractivity contribution in [2.75, 3.05) is 11.1 Å². The normalized spacial score (nSPS) is 12.0. The van der Waals surface area contributed by atoms with E-state index >= 15 is 0 Å². The molecule has 0 radical (unpaired) electrons. The summed E-state index contributed by atoms with van der Waals surface area (Å²) in [7, 11) is 0. The Bertz CT molecular complexity index is 649. The highest BCUT2D eigenvalue weighted by Crippen LogP contribution is 2.25. The Morgan fingerprint density at radius 2 is 1.91 bits per heavy atom. The minimum atomic E-state index is -0.349. The topological polar surface area (TPSA) is 75.3 Å². The van der Waals surface area contributed by atoms with Gasteiger partial charge in [-0.25, -0.2) is 0 Å². The van der Waals surface area contributed by atoms with Gasteiger partial charge >= 0.3 is 0 Å². The van der Waals surface area contributed by atoms with Gasteiger partial charge in [-0.1, -0.05) is 19.1 Å². The zero-order valence-electron chi connectivity index (χ0n) is 13.0. The van der Waals surface area contributed by atoms with Crippen LogP contribution >= 0.6 is 0 Å². The van der Waals surface area contributed by atoms with Crippen molar-refractivity contribution in [3.63, 3.8) is 0 Å². The summed E-state index contributed by atoms with van der Waals surface area (Å²) in [4.78, 5) is 11.7. The van der Waals surface area contributed by atoms with Crippen LogP contribution in [0.3, 0.4) is 0 Å². The molecule has 4 heteroatoms. The number of anilines is 3. The predicted octanol–water partition coefficient (Wildman–Crippen LogP) is 3.53. The van der Waals surface area contributed by atoms with Crippen LogP contribution in [0.2, 0.25) is 0 Å². The molecule has 1 atom stereocenters. The van der Waals surface area contributed by atoms with Crippen LogP contribution in [0.1, 0.15) is 36.2 Å². The van der Waals surface area contributed by atoms with Gasteiger partial charge in [0.2, 0.25) is 0 Å². The highest BCUT2D eigenvalue weighted by molar-refractivity contribution is 5.97. The molecule has 0 aliphatic rings. The van der Waals surface area contributed by atoms with E-state index in [4.69, 9.17) is 5.73 Å². The smallest absolute Gasteiger partial charge is 0.162 e. The van der Waals surface area contributed by atoms with Gasteiger partial charge in [-0.3, -0.25) is 4.79 Å². The number of nitrogen functional groups attached to an aromatic ring is 1. The number of benzene rings is 2. The third-order valence-electron chi connectivity index (χ3n) is 3.46. The van der Waals surface area contributed by atoms with Crippen LogP contribution < -0.4 is 11.1 Å². The van der Waals surface area contributed by atoms with E-state index in [2.05, 4.69) is 5.32 Å². The molecule has 0 aliphatic carbocycles. The molecule has 0 amide bonds. The molecule has 2 rings (SSSR count). The van der Waals surface area contributed by atoms with E-state index in [1.165, 1.54) is 0 Å². The van der Waals surface area contributed by atoms with Gasteiger partial charge in [0, 0.05) is 17.7 Å². The first-order chi connectivity index (χ1) is 10.5. The van der Waals surface area contributed by atoms with Crippen LogP contribution in [0.5, 0.6) is 0 Å². The first-order valence-corrected chi connectivity index (χ1v) is 7.46. The monoisotopic (exact) mass is 298 g/mol. The fourth-order valence-corrected chi connectivity index (χ4v) is 2.27. The maximum Gasteiger partial charge on any atom is 0.162 e. The molecular formula is C18H22N2O2. The quantitative estimate of drug-likeness (QED) is 0.563. The van der Waals surface area contributed by atoms with Crippen molar-refractivity contribution in [3.8, 4) is 0 Å². The van der Waals surface area contributed by atoms with E-state index < -0.39 is 0 Å². The Labute approximate surface area is 131 Å². The third kappa shape index (κ3) is 4.09. The van der Waals surface area contributed by atoms with Gasteiger partial charge in [0.05, 0.1) is 17.5 Å². The first-order valence-electron chi connectivity index (χ1n) is 7.46.